The van der Waals surface area contributed by atoms with Gasteiger partial charge in [0, 0.05) is 10.9 Å². The average Bonchev–Trinajstić information content (AvgIpc) is 2.47. The van der Waals surface area contributed by atoms with Crippen LogP contribution in [0.4, 0.5) is 0 Å². The molecule has 0 amide bonds. The van der Waals surface area contributed by atoms with Gasteiger partial charge < -0.3 is 10.1 Å². The highest BCUT2D eigenvalue weighted by atomic mass is 16.4. The Morgan fingerprint density at radius 1 is 1.29 bits per heavy atom. The summed E-state index contributed by atoms with van der Waals surface area (Å²) in [5, 5.41) is 9.77. The molecule has 3 heteroatoms. The summed E-state index contributed by atoms with van der Waals surface area (Å²) in [6, 6.07) is 5.67. The fraction of sp³-hybridized carbons (Fsp3) is 0.182. The zero-order valence-corrected chi connectivity index (χ0v) is 8.09. The van der Waals surface area contributed by atoms with E-state index in [-0.39, 0.29) is 5.69 Å². The van der Waals surface area contributed by atoms with Crippen molar-refractivity contribution in [3.05, 3.63) is 35.0 Å². The first-order chi connectivity index (χ1) is 6.58. The van der Waals surface area contributed by atoms with Crippen LogP contribution >= 0.6 is 0 Å². The first kappa shape index (κ1) is 8.81. The molecule has 0 radical (unpaired) electrons. The molecule has 0 fully saturated rings. The summed E-state index contributed by atoms with van der Waals surface area (Å²) in [6.07, 6.45) is 0. The summed E-state index contributed by atoms with van der Waals surface area (Å²) in [5.74, 6) is -0.918. The van der Waals surface area contributed by atoms with Crippen LogP contribution in [0.2, 0.25) is 0 Å². The van der Waals surface area contributed by atoms with Gasteiger partial charge in [-0.15, -0.1) is 0 Å². The second-order valence-electron chi connectivity index (χ2n) is 3.53. The van der Waals surface area contributed by atoms with Crippen LogP contribution in [-0.2, 0) is 0 Å². The minimum atomic E-state index is -0.918. The van der Waals surface area contributed by atoms with Crippen LogP contribution in [0.15, 0.2) is 18.2 Å². The third-order valence-electron chi connectivity index (χ3n) is 2.30. The maximum atomic E-state index is 10.7. The number of aromatic carboxylic acids is 1. The number of rotatable bonds is 1. The zero-order chi connectivity index (χ0) is 10.3. The molecule has 1 aromatic heterocycles. The van der Waals surface area contributed by atoms with E-state index < -0.39 is 5.97 Å². The van der Waals surface area contributed by atoms with E-state index in [1.807, 2.05) is 26.0 Å². The molecule has 2 N–H and O–H groups in total. The number of carboxylic acids is 1. The van der Waals surface area contributed by atoms with Crippen LogP contribution in [0, 0.1) is 13.8 Å². The van der Waals surface area contributed by atoms with E-state index >= 15 is 0 Å². The Hall–Kier alpha value is -1.77. The van der Waals surface area contributed by atoms with Crippen molar-refractivity contribution >= 4 is 16.9 Å². The van der Waals surface area contributed by atoms with Gasteiger partial charge in [-0.25, -0.2) is 4.79 Å². The van der Waals surface area contributed by atoms with Gasteiger partial charge in [0.25, 0.3) is 0 Å². The Balaban J connectivity index is 2.76. The quantitative estimate of drug-likeness (QED) is 0.724. The largest absolute Gasteiger partial charge is 0.477 e. The van der Waals surface area contributed by atoms with Crippen molar-refractivity contribution < 1.29 is 9.90 Å². The number of aryl methyl sites for hydroxylation is 2. The highest BCUT2D eigenvalue weighted by Gasteiger charge is 2.08. The van der Waals surface area contributed by atoms with Crippen molar-refractivity contribution in [3.63, 3.8) is 0 Å². The Kier molecular flexibility index (Phi) is 1.81. The number of hydrogen-bond donors (Lipinski definition) is 2. The van der Waals surface area contributed by atoms with Crippen LogP contribution < -0.4 is 0 Å². The predicted molar refractivity (Wildman–Crippen MR) is 54.7 cm³/mol. The van der Waals surface area contributed by atoms with Gasteiger partial charge >= 0.3 is 5.97 Å². The SMILES string of the molecule is Cc1cc(C)c2[nH]c(C(=O)O)cc2c1. The van der Waals surface area contributed by atoms with Gasteiger partial charge in [-0.05, 0) is 31.5 Å². The predicted octanol–water partition coefficient (Wildman–Crippen LogP) is 2.48. The summed E-state index contributed by atoms with van der Waals surface area (Å²) in [6.45, 7) is 3.97. The molecule has 14 heavy (non-hydrogen) atoms. The molecular weight excluding hydrogens is 178 g/mol. The van der Waals surface area contributed by atoms with E-state index in [0.717, 1.165) is 22.0 Å². The van der Waals surface area contributed by atoms with Gasteiger partial charge in [-0.2, -0.15) is 0 Å². The number of hydrogen-bond acceptors (Lipinski definition) is 1. The molecule has 0 aliphatic carbocycles. The number of H-pyrrole nitrogens is 1. The fourth-order valence-corrected chi connectivity index (χ4v) is 1.73. The monoisotopic (exact) mass is 189 g/mol. The maximum absolute atomic E-state index is 10.7. The van der Waals surface area contributed by atoms with Gasteiger partial charge in [-0.1, -0.05) is 11.6 Å². The molecule has 0 saturated carbocycles. The number of fused-ring (bicyclic) bond motifs is 1. The van der Waals surface area contributed by atoms with Gasteiger partial charge in [0.05, 0.1) is 0 Å². The Morgan fingerprint density at radius 2 is 2.00 bits per heavy atom. The van der Waals surface area contributed by atoms with Crippen LogP contribution in [0.25, 0.3) is 10.9 Å². The number of carboxylic acid groups (broad SMARTS) is 1. The lowest BCUT2D eigenvalue weighted by atomic mass is 10.1. The van der Waals surface area contributed by atoms with Gasteiger partial charge in [0.15, 0.2) is 0 Å². The molecule has 0 aliphatic rings. The number of benzene rings is 1. The summed E-state index contributed by atoms with van der Waals surface area (Å²) >= 11 is 0. The lowest BCUT2D eigenvalue weighted by Crippen LogP contribution is -1.94. The summed E-state index contributed by atoms with van der Waals surface area (Å²) in [5.41, 5.74) is 3.38. The van der Waals surface area contributed by atoms with Crippen LogP contribution in [0.1, 0.15) is 21.6 Å². The van der Waals surface area contributed by atoms with Crippen molar-refractivity contribution in [2.24, 2.45) is 0 Å². The number of aromatic nitrogens is 1. The summed E-state index contributed by atoms with van der Waals surface area (Å²) in [4.78, 5) is 13.6. The molecule has 0 saturated heterocycles. The van der Waals surface area contributed by atoms with E-state index in [1.54, 1.807) is 6.07 Å². The number of nitrogens with one attached hydrogen (secondary N) is 1. The molecule has 0 bridgehead atoms. The van der Waals surface area contributed by atoms with E-state index in [9.17, 15) is 4.79 Å². The second kappa shape index (κ2) is 2.87. The van der Waals surface area contributed by atoms with Gasteiger partial charge in [0.2, 0.25) is 0 Å². The Morgan fingerprint density at radius 3 is 2.64 bits per heavy atom. The van der Waals surface area contributed by atoms with Crippen molar-refractivity contribution in [2.75, 3.05) is 0 Å². The standard InChI is InChI=1S/C11H11NO2/c1-6-3-7(2)10-8(4-6)5-9(12-10)11(13)14/h3-5,12H,1-2H3,(H,13,14). The number of carbonyl (C=O) groups is 1. The van der Waals surface area contributed by atoms with E-state index in [0.29, 0.717) is 0 Å². The average molecular weight is 189 g/mol. The van der Waals surface area contributed by atoms with E-state index in [1.165, 1.54) is 0 Å². The number of aromatic amines is 1. The van der Waals surface area contributed by atoms with Crippen molar-refractivity contribution in [3.8, 4) is 0 Å². The van der Waals surface area contributed by atoms with Crippen molar-refractivity contribution in [1.29, 1.82) is 0 Å². The first-order valence-corrected chi connectivity index (χ1v) is 4.41. The minimum Gasteiger partial charge on any atom is -0.477 e. The minimum absolute atomic E-state index is 0.244. The zero-order valence-electron chi connectivity index (χ0n) is 8.09. The molecule has 3 nitrogen and oxygen atoms in total. The fourth-order valence-electron chi connectivity index (χ4n) is 1.73. The molecule has 72 valence electrons. The first-order valence-electron chi connectivity index (χ1n) is 4.41. The Bertz CT molecular complexity index is 511. The normalized spacial score (nSPS) is 10.7. The molecular formula is C11H11NO2. The van der Waals surface area contributed by atoms with Crippen LogP contribution in [-0.4, -0.2) is 16.1 Å². The van der Waals surface area contributed by atoms with E-state index in [4.69, 9.17) is 5.11 Å². The Labute approximate surface area is 81.4 Å². The molecule has 0 unspecified atom stereocenters. The molecule has 1 heterocycles. The van der Waals surface area contributed by atoms with Crippen molar-refractivity contribution in [2.45, 2.75) is 13.8 Å². The van der Waals surface area contributed by atoms with Crippen LogP contribution in [0.5, 0.6) is 0 Å². The van der Waals surface area contributed by atoms with E-state index in [2.05, 4.69) is 4.98 Å². The third kappa shape index (κ3) is 1.27. The molecule has 0 atom stereocenters. The molecule has 2 aromatic rings. The molecule has 1 aromatic carbocycles. The molecule has 0 aliphatic heterocycles. The lowest BCUT2D eigenvalue weighted by Gasteiger charge is -1.97. The van der Waals surface area contributed by atoms with Crippen LogP contribution in [0.3, 0.4) is 0 Å². The molecule has 2 rings (SSSR count). The lowest BCUT2D eigenvalue weighted by molar-refractivity contribution is 0.0691. The second-order valence-corrected chi connectivity index (χ2v) is 3.53. The summed E-state index contributed by atoms with van der Waals surface area (Å²) < 4.78 is 0. The van der Waals surface area contributed by atoms with Gasteiger partial charge in [-0.3, -0.25) is 0 Å². The summed E-state index contributed by atoms with van der Waals surface area (Å²) in [7, 11) is 0. The molecule has 0 spiro atoms. The van der Waals surface area contributed by atoms with Crippen molar-refractivity contribution in [1.82, 2.24) is 4.98 Å². The smallest absolute Gasteiger partial charge is 0.352 e. The highest BCUT2D eigenvalue weighted by molar-refractivity contribution is 5.95. The third-order valence-corrected chi connectivity index (χ3v) is 2.30. The van der Waals surface area contributed by atoms with Gasteiger partial charge in [0.1, 0.15) is 5.69 Å². The highest BCUT2D eigenvalue weighted by Crippen LogP contribution is 2.20. The topological polar surface area (TPSA) is 53.1 Å². The maximum Gasteiger partial charge on any atom is 0.352 e.